The van der Waals surface area contributed by atoms with E-state index in [1.807, 2.05) is 25.1 Å². The van der Waals surface area contributed by atoms with Crippen molar-refractivity contribution in [3.05, 3.63) is 35.9 Å². The molecule has 0 bridgehead atoms. The van der Waals surface area contributed by atoms with Crippen LogP contribution in [0.15, 0.2) is 28.8 Å². The van der Waals surface area contributed by atoms with Crippen LogP contribution in [0.5, 0.6) is 5.75 Å². The molecule has 2 aromatic rings. The maximum Gasteiger partial charge on any atom is 0.194 e. The number of nitrogens with one attached hydrogen (secondary N) is 1. The maximum absolute atomic E-state index is 5.82. The highest BCUT2D eigenvalue weighted by Gasteiger charge is 2.08. The summed E-state index contributed by atoms with van der Waals surface area (Å²) in [7, 11) is 1.68. The number of rotatable bonds is 7. The molecule has 0 radical (unpaired) electrons. The molecular weight excluding hydrogens is 264 g/mol. The zero-order valence-corrected chi connectivity index (χ0v) is 13.3. The summed E-state index contributed by atoms with van der Waals surface area (Å²) >= 11 is 0. The molecule has 0 unspecified atom stereocenters. The number of aryl methyl sites for hydroxylation is 2. The second-order valence-corrected chi connectivity index (χ2v) is 5.52. The van der Waals surface area contributed by atoms with E-state index in [1.165, 1.54) is 0 Å². The molecule has 0 aliphatic carbocycles. The summed E-state index contributed by atoms with van der Waals surface area (Å²) in [6.07, 6.45) is 3.66. The van der Waals surface area contributed by atoms with Gasteiger partial charge in [-0.2, -0.15) is 0 Å². The highest BCUT2D eigenvalue weighted by molar-refractivity contribution is 5.60. The zero-order chi connectivity index (χ0) is 15.2. The minimum Gasteiger partial charge on any atom is -0.496 e. The quantitative estimate of drug-likeness (QED) is 0.791. The van der Waals surface area contributed by atoms with Crippen molar-refractivity contribution in [3.63, 3.8) is 0 Å². The molecule has 0 saturated heterocycles. The minimum atomic E-state index is 0.519. The average Bonchev–Trinajstić information content (AvgIpc) is 2.93. The third-order valence-corrected chi connectivity index (χ3v) is 3.37. The number of oxazole rings is 1. The number of benzene rings is 1. The van der Waals surface area contributed by atoms with Crippen LogP contribution in [0.25, 0.3) is 11.3 Å². The summed E-state index contributed by atoms with van der Waals surface area (Å²) in [6, 6.07) is 6.57. The molecule has 0 spiro atoms. The molecule has 1 aromatic heterocycles. The van der Waals surface area contributed by atoms with Crippen LogP contribution >= 0.6 is 0 Å². The van der Waals surface area contributed by atoms with Crippen molar-refractivity contribution in [2.45, 2.75) is 39.7 Å². The molecule has 4 nitrogen and oxygen atoms in total. The molecular formula is C17H24N2O2. The van der Waals surface area contributed by atoms with Crippen LogP contribution in [-0.2, 0) is 6.42 Å². The van der Waals surface area contributed by atoms with Crippen LogP contribution in [0.2, 0.25) is 0 Å². The highest BCUT2D eigenvalue weighted by Crippen LogP contribution is 2.27. The van der Waals surface area contributed by atoms with Gasteiger partial charge in [0.25, 0.3) is 0 Å². The van der Waals surface area contributed by atoms with Gasteiger partial charge in [-0.3, -0.25) is 0 Å². The zero-order valence-electron chi connectivity index (χ0n) is 13.3. The number of hydrogen-bond donors (Lipinski definition) is 1. The lowest BCUT2D eigenvalue weighted by atomic mass is 10.1. The van der Waals surface area contributed by atoms with Gasteiger partial charge in [-0.1, -0.05) is 26.0 Å². The summed E-state index contributed by atoms with van der Waals surface area (Å²) in [5, 5.41) is 3.39. The lowest BCUT2D eigenvalue weighted by Crippen LogP contribution is -2.23. The van der Waals surface area contributed by atoms with Crippen LogP contribution in [-0.4, -0.2) is 24.7 Å². The first-order valence-electron chi connectivity index (χ1n) is 7.43. The van der Waals surface area contributed by atoms with E-state index in [0.717, 1.165) is 47.9 Å². The van der Waals surface area contributed by atoms with Crippen molar-refractivity contribution in [3.8, 4) is 17.1 Å². The Hall–Kier alpha value is -1.81. The topological polar surface area (TPSA) is 47.3 Å². The smallest absolute Gasteiger partial charge is 0.194 e. The Morgan fingerprint density at radius 3 is 2.86 bits per heavy atom. The molecule has 0 aliphatic rings. The van der Waals surface area contributed by atoms with Crippen molar-refractivity contribution in [2.75, 3.05) is 13.7 Å². The van der Waals surface area contributed by atoms with E-state index in [9.17, 15) is 0 Å². The Morgan fingerprint density at radius 2 is 2.14 bits per heavy atom. The number of ether oxygens (including phenoxy) is 1. The minimum absolute atomic E-state index is 0.519. The van der Waals surface area contributed by atoms with Gasteiger partial charge in [0.2, 0.25) is 0 Å². The van der Waals surface area contributed by atoms with E-state index in [4.69, 9.17) is 9.15 Å². The molecule has 0 atom stereocenters. The van der Waals surface area contributed by atoms with Gasteiger partial charge in [0, 0.05) is 18.0 Å². The molecule has 21 heavy (non-hydrogen) atoms. The molecule has 0 amide bonds. The van der Waals surface area contributed by atoms with Crippen molar-refractivity contribution in [2.24, 2.45) is 0 Å². The first-order chi connectivity index (χ1) is 10.1. The summed E-state index contributed by atoms with van der Waals surface area (Å²) in [5.74, 6) is 2.45. The second-order valence-electron chi connectivity index (χ2n) is 5.52. The fourth-order valence-electron chi connectivity index (χ4n) is 2.16. The van der Waals surface area contributed by atoms with E-state index in [2.05, 4.69) is 24.1 Å². The molecule has 0 fully saturated rings. The predicted molar refractivity (Wildman–Crippen MR) is 84.7 cm³/mol. The SMILES string of the molecule is COc1cc(-c2cnc(CCCNC(C)C)o2)ccc1C. The summed E-state index contributed by atoms with van der Waals surface area (Å²) < 4.78 is 11.2. The van der Waals surface area contributed by atoms with E-state index in [1.54, 1.807) is 13.3 Å². The summed E-state index contributed by atoms with van der Waals surface area (Å²) in [6.45, 7) is 7.30. The van der Waals surface area contributed by atoms with Crippen molar-refractivity contribution in [1.82, 2.24) is 10.3 Å². The Kier molecular flexibility index (Phi) is 5.39. The molecule has 1 aromatic carbocycles. The molecule has 1 N–H and O–H groups in total. The van der Waals surface area contributed by atoms with E-state index in [0.29, 0.717) is 6.04 Å². The van der Waals surface area contributed by atoms with E-state index < -0.39 is 0 Å². The second kappa shape index (κ2) is 7.27. The molecule has 2 rings (SSSR count). The van der Waals surface area contributed by atoms with Crippen LogP contribution in [0.1, 0.15) is 31.7 Å². The fraction of sp³-hybridized carbons (Fsp3) is 0.471. The first kappa shape index (κ1) is 15.6. The molecule has 0 aliphatic heterocycles. The predicted octanol–water partition coefficient (Wildman–Crippen LogP) is 3.59. The average molecular weight is 288 g/mol. The van der Waals surface area contributed by atoms with Crippen LogP contribution < -0.4 is 10.1 Å². The third kappa shape index (κ3) is 4.33. The van der Waals surface area contributed by atoms with Gasteiger partial charge in [0.05, 0.1) is 13.3 Å². The number of nitrogens with zero attached hydrogens (tertiary/aromatic N) is 1. The van der Waals surface area contributed by atoms with Gasteiger partial charge in [-0.15, -0.1) is 0 Å². The van der Waals surface area contributed by atoms with Gasteiger partial charge in [0.1, 0.15) is 5.75 Å². The summed E-state index contributed by atoms with van der Waals surface area (Å²) in [4.78, 5) is 4.35. The molecule has 4 heteroatoms. The third-order valence-electron chi connectivity index (χ3n) is 3.37. The fourth-order valence-corrected chi connectivity index (χ4v) is 2.16. The summed E-state index contributed by atoms with van der Waals surface area (Å²) in [5.41, 5.74) is 2.11. The Labute approximate surface area is 126 Å². The highest BCUT2D eigenvalue weighted by atomic mass is 16.5. The van der Waals surface area contributed by atoms with E-state index >= 15 is 0 Å². The Morgan fingerprint density at radius 1 is 1.33 bits per heavy atom. The number of hydrogen-bond acceptors (Lipinski definition) is 4. The van der Waals surface area contributed by atoms with Gasteiger partial charge >= 0.3 is 0 Å². The standard InChI is InChI=1S/C17H24N2O2/c1-12(2)18-9-5-6-17-19-11-16(21-17)14-8-7-13(3)15(10-14)20-4/h7-8,10-12,18H,5-6,9H2,1-4H3. The molecule has 114 valence electrons. The molecule has 0 saturated carbocycles. The van der Waals surface area contributed by atoms with Gasteiger partial charge in [0.15, 0.2) is 11.7 Å². The molecule has 1 heterocycles. The lowest BCUT2D eigenvalue weighted by Gasteiger charge is -2.06. The number of methoxy groups -OCH3 is 1. The van der Waals surface area contributed by atoms with Crippen LogP contribution in [0, 0.1) is 6.92 Å². The Balaban J connectivity index is 1.99. The normalized spacial score (nSPS) is 11.1. The van der Waals surface area contributed by atoms with Gasteiger partial charge in [-0.25, -0.2) is 4.98 Å². The monoisotopic (exact) mass is 288 g/mol. The van der Waals surface area contributed by atoms with E-state index in [-0.39, 0.29) is 0 Å². The first-order valence-corrected chi connectivity index (χ1v) is 7.43. The maximum atomic E-state index is 5.82. The van der Waals surface area contributed by atoms with Crippen molar-refractivity contribution < 1.29 is 9.15 Å². The van der Waals surface area contributed by atoms with Crippen LogP contribution in [0.3, 0.4) is 0 Å². The lowest BCUT2D eigenvalue weighted by molar-refractivity contribution is 0.411. The Bertz CT molecular complexity index is 576. The van der Waals surface area contributed by atoms with Crippen molar-refractivity contribution >= 4 is 0 Å². The van der Waals surface area contributed by atoms with Gasteiger partial charge in [-0.05, 0) is 31.5 Å². The number of aromatic nitrogens is 1. The van der Waals surface area contributed by atoms with Crippen molar-refractivity contribution in [1.29, 1.82) is 0 Å². The largest absolute Gasteiger partial charge is 0.496 e. The van der Waals surface area contributed by atoms with Crippen LogP contribution in [0.4, 0.5) is 0 Å². The van der Waals surface area contributed by atoms with Gasteiger partial charge < -0.3 is 14.5 Å².